The Hall–Kier alpha value is -3.18. The van der Waals surface area contributed by atoms with Crippen LogP contribution < -0.4 is 4.74 Å². The summed E-state index contributed by atoms with van der Waals surface area (Å²) < 4.78 is 55.2. The Morgan fingerprint density at radius 2 is 1.71 bits per heavy atom. The molecule has 0 unspecified atom stereocenters. The van der Waals surface area contributed by atoms with Crippen molar-refractivity contribution >= 4 is 11.7 Å². The van der Waals surface area contributed by atoms with E-state index in [9.17, 15) is 28.1 Å². The van der Waals surface area contributed by atoms with Gasteiger partial charge >= 0.3 is 12.1 Å². The van der Waals surface area contributed by atoms with Crippen molar-refractivity contribution in [1.82, 2.24) is 4.90 Å². The van der Waals surface area contributed by atoms with Crippen LogP contribution in [0.4, 0.5) is 18.9 Å². The fourth-order valence-electron chi connectivity index (χ4n) is 3.61. The number of carbonyl (C=O) groups excluding carboxylic acids is 1. The van der Waals surface area contributed by atoms with Gasteiger partial charge in [0.25, 0.3) is 5.69 Å². The normalized spacial score (nSPS) is 15.0. The molecule has 1 fully saturated rings. The molecule has 0 N–H and O–H groups in total. The zero-order valence-electron chi connectivity index (χ0n) is 19.5. The third kappa shape index (κ3) is 7.15. The molecule has 0 saturated carbocycles. The number of ether oxygens (including phenoxy) is 3. The number of halogens is 3. The predicted molar refractivity (Wildman–Crippen MR) is 120 cm³/mol. The van der Waals surface area contributed by atoms with Gasteiger partial charge in [0.2, 0.25) is 0 Å². The first-order chi connectivity index (χ1) is 16.5. The van der Waals surface area contributed by atoms with Gasteiger partial charge in [0.15, 0.2) is 0 Å². The van der Waals surface area contributed by atoms with Crippen molar-refractivity contribution in [2.45, 2.75) is 32.0 Å². The quantitative estimate of drug-likeness (QED) is 0.213. The van der Waals surface area contributed by atoms with Gasteiger partial charge in [-0.3, -0.25) is 15.0 Å². The summed E-state index contributed by atoms with van der Waals surface area (Å²) in [5.74, 6) is -0.803. The number of nitro benzene ring substituents is 1. The molecule has 0 atom stereocenters. The minimum Gasteiger partial charge on any atom is -0.492 e. The minimum absolute atomic E-state index is 0.00870. The van der Waals surface area contributed by atoms with E-state index < -0.39 is 28.2 Å². The van der Waals surface area contributed by atoms with Gasteiger partial charge in [-0.25, -0.2) is 4.79 Å². The molecular formula is C24H27F3N2O6. The SMILES string of the molecule is CC(C)(OC(=O)c1ccc([N+](=O)[O-])cc1OCCCN1CCOCC1)c1ccc(C(F)(F)F)cc1. The van der Waals surface area contributed by atoms with Crippen molar-refractivity contribution in [1.29, 1.82) is 0 Å². The van der Waals surface area contributed by atoms with Gasteiger partial charge in [-0.1, -0.05) is 12.1 Å². The predicted octanol–water partition coefficient (Wildman–Crippen LogP) is 4.81. The Kier molecular flexibility index (Phi) is 8.34. The Morgan fingerprint density at radius 3 is 2.31 bits per heavy atom. The van der Waals surface area contributed by atoms with Crippen LogP contribution in [-0.2, 0) is 21.3 Å². The first kappa shape index (κ1) is 26.4. The maximum atomic E-state index is 13.0. The Labute approximate surface area is 200 Å². The number of benzene rings is 2. The van der Waals surface area contributed by atoms with Crippen molar-refractivity contribution < 1.29 is 37.1 Å². The Balaban J connectivity index is 1.71. The van der Waals surface area contributed by atoms with Crippen molar-refractivity contribution in [3.63, 3.8) is 0 Å². The van der Waals surface area contributed by atoms with E-state index in [4.69, 9.17) is 14.2 Å². The molecule has 0 aliphatic carbocycles. The van der Waals surface area contributed by atoms with E-state index >= 15 is 0 Å². The number of esters is 1. The highest BCUT2D eigenvalue weighted by Crippen LogP contribution is 2.33. The van der Waals surface area contributed by atoms with Gasteiger partial charge in [0.1, 0.15) is 16.9 Å². The molecule has 0 amide bonds. The average Bonchev–Trinajstić information content (AvgIpc) is 2.81. The number of morpholine rings is 1. The lowest BCUT2D eigenvalue weighted by Gasteiger charge is -2.27. The number of hydrogen-bond acceptors (Lipinski definition) is 7. The molecular weight excluding hydrogens is 469 g/mol. The second-order valence-electron chi connectivity index (χ2n) is 8.57. The van der Waals surface area contributed by atoms with Gasteiger partial charge in [-0.05, 0) is 44.0 Å². The Bertz CT molecular complexity index is 1030. The summed E-state index contributed by atoms with van der Waals surface area (Å²) in [7, 11) is 0. The summed E-state index contributed by atoms with van der Waals surface area (Å²) in [6.45, 7) is 7.01. The number of nitrogens with zero attached hydrogens (tertiary/aromatic N) is 2. The van der Waals surface area contributed by atoms with Gasteiger partial charge in [-0.15, -0.1) is 0 Å². The lowest BCUT2D eigenvalue weighted by atomic mass is 9.96. The lowest BCUT2D eigenvalue weighted by molar-refractivity contribution is -0.384. The van der Waals surface area contributed by atoms with Crippen molar-refractivity contribution in [2.24, 2.45) is 0 Å². The molecule has 0 bridgehead atoms. The fourth-order valence-corrected chi connectivity index (χ4v) is 3.61. The van der Waals surface area contributed by atoms with Crippen LogP contribution in [0, 0.1) is 10.1 Å². The van der Waals surface area contributed by atoms with Gasteiger partial charge in [0.05, 0.1) is 36.4 Å². The van der Waals surface area contributed by atoms with E-state index in [0.29, 0.717) is 25.2 Å². The molecule has 0 spiro atoms. The van der Waals surface area contributed by atoms with E-state index in [-0.39, 0.29) is 23.6 Å². The lowest BCUT2D eigenvalue weighted by Crippen LogP contribution is -2.37. The highest BCUT2D eigenvalue weighted by Gasteiger charge is 2.32. The Morgan fingerprint density at radius 1 is 1.09 bits per heavy atom. The van der Waals surface area contributed by atoms with Crippen molar-refractivity contribution in [3.05, 3.63) is 69.3 Å². The maximum absolute atomic E-state index is 13.0. The largest absolute Gasteiger partial charge is 0.492 e. The molecule has 8 nitrogen and oxygen atoms in total. The molecule has 1 aliphatic rings. The molecule has 2 aromatic carbocycles. The molecule has 0 aromatic heterocycles. The van der Waals surface area contributed by atoms with Gasteiger partial charge in [0, 0.05) is 25.7 Å². The van der Waals surface area contributed by atoms with Crippen LogP contribution in [0.3, 0.4) is 0 Å². The number of carbonyl (C=O) groups is 1. The molecule has 35 heavy (non-hydrogen) atoms. The van der Waals surface area contributed by atoms with Crippen LogP contribution in [0.15, 0.2) is 42.5 Å². The summed E-state index contributed by atoms with van der Waals surface area (Å²) in [4.78, 5) is 25.8. The summed E-state index contributed by atoms with van der Waals surface area (Å²) in [5.41, 5.74) is -1.98. The summed E-state index contributed by atoms with van der Waals surface area (Å²) >= 11 is 0. The molecule has 1 aliphatic heterocycles. The molecule has 2 aromatic rings. The van der Waals surface area contributed by atoms with Crippen molar-refractivity contribution in [2.75, 3.05) is 39.5 Å². The van der Waals surface area contributed by atoms with E-state index in [1.807, 2.05) is 0 Å². The number of alkyl halides is 3. The first-order valence-electron chi connectivity index (χ1n) is 11.1. The van der Waals surface area contributed by atoms with Gasteiger partial charge < -0.3 is 14.2 Å². The van der Waals surface area contributed by atoms with Crippen LogP contribution in [0.25, 0.3) is 0 Å². The van der Waals surface area contributed by atoms with E-state index in [2.05, 4.69) is 4.90 Å². The van der Waals surface area contributed by atoms with E-state index in [0.717, 1.165) is 37.8 Å². The summed E-state index contributed by atoms with van der Waals surface area (Å²) in [6.07, 6.45) is -3.85. The standard InChI is InChI=1S/C24H27F3N2O6/c1-23(2,17-4-6-18(7-5-17)24(25,26)27)35-22(30)20-9-8-19(29(31)32)16-21(20)34-13-3-10-28-11-14-33-15-12-28/h4-9,16H,3,10-15H2,1-2H3. The number of nitro groups is 1. The molecule has 190 valence electrons. The summed E-state index contributed by atoms with van der Waals surface area (Å²) in [5, 5.41) is 11.2. The molecule has 0 radical (unpaired) electrons. The zero-order chi connectivity index (χ0) is 25.6. The number of non-ortho nitro benzene ring substituents is 1. The number of rotatable bonds is 9. The number of hydrogen-bond donors (Lipinski definition) is 0. The topological polar surface area (TPSA) is 91.1 Å². The minimum atomic E-state index is -4.48. The summed E-state index contributed by atoms with van der Waals surface area (Å²) in [6, 6.07) is 7.91. The molecule has 11 heteroatoms. The van der Waals surface area contributed by atoms with Crippen LogP contribution in [0.5, 0.6) is 5.75 Å². The highest BCUT2D eigenvalue weighted by molar-refractivity contribution is 5.93. The maximum Gasteiger partial charge on any atom is 0.416 e. The first-order valence-corrected chi connectivity index (χ1v) is 11.1. The van der Waals surface area contributed by atoms with Crippen LogP contribution in [0.1, 0.15) is 41.8 Å². The van der Waals surface area contributed by atoms with E-state index in [1.54, 1.807) is 13.8 Å². The third-order valence-corrected chi connectivity index (χ3v) is 5.63. The highest BCUT2D eigenvalue weighted by atomic mass is 19.4. The average molecular weight is 496 g/mol. The van der Waals surface area contributed by atoms with Crippen molar-refractivity contribution in [3.8, 4) is 5.75 Å². The van der Waals surface area contributed by atoms with Crippen LogP contribution in [0.2, 0.25) is 0 Å². The molecule has 3 rings (SSSR count). The molecule has 1 saturated heterocycles. The fraction of sp³-hybridized carbons (Fsp3) is 0.458. The third-order valence-electron chi connectivity index (χ3n) is 5.63. The van der Waals surface area contributed by atoms with E-state index in [1.165, 1.54) is 24.3 Å². The monoisotopic (exact) mass is 496 g/mol. The van der Waals surface area contributed by atoms with Crippen LogP contribution in [-0.4, -0.2) is 55.2 Å². The zero-order valence-corrected chi connectivity index (χ0v) is 19.5. The van der Waals surface area contributed by atoms with Crippen LogP contribution >= 0.6 is 0 Å². The second-order valence-corrected chi connectivity index (χ2v) is 8.57. The van der Waals surface area contributed by atoms with Gasteiger partial charge in [-0.2, -0.15) is 13.2 Å². The molecule has 1 heterocycles. The second kappa shape index (κ2) is 11.0. The smallest absolute Gasteiger partial charge is 0.416 e.